The van der Waals surface area contributed by atoms with Crippen molar-refractivity contribution in [3.8, 4) is 0 Å². The molecule has 0 aromatic rings. The lowest BCUT2D eigenvalue weighted by Crippen LogP contribution is -2.15. The van der Waals surface area contributed by atoms with E-state index in [0.29, 0.717) is 0 Å². The molecule has 0 atom stereocenters. The molecule has 0 saturated carbocycles. The molecule has 0 spiro atoms. The molecule has 0 amide bonds. The maximum Gasteiger partial charge on any atom is -0.000241 e. The van der Waals surface area contributed by atoms with E-state index in [1.807, 2.05) is 0 Å². The van der Waals surface area contributed by atoms with Crippen LogP contribution in [0.5, 0.6) is 0 Å². The van der Waals surface area contributed by atoms with Crippen LogP contribution in [0.1, 0.15) is 0 Å². The number of halogens is 1. The first-order valence-electron chi connectivity index (χ1n) is 0.939. The fourth-order valence-corrected chi connectivity index (χ4v) is 0. The lowest BCUT2D eigenvalue weighted by atomic mass is 11.5. The molecule has 0 heterocycles. The molecule has 0 unspecified atom stereocenters. The molecule has 0 aliphatic carbocycles. The van der Waals surface area contributed by atoms with Gasteiger partial charge in [-0.05, 0) is 18.8 Å². The molecular formula is CH5ClN2. The van der Waals surface area contributed by atoms with Gasteiger partial charge in [0.05, 0.1) is 0 Å². The Morgan fingerprint density at radius 1 is 1.75 bits per heavy atom. The number of hydrogen-bond donors (Lipinski definition) is 2. The molecule has 0 aliphatic heterocycles. The highest BCUT2D eigenvalue weighted by molar-refractivity contribution is 6.13. The Kier molecular flexibility index (Phi) is 3.38. The molecule has 0 bridgehead atoms. The molecule has 0 aromatic heterocycles. The lowest BCUT2D eigenvalue weighted by molar-refractivity contribution is 0.805. The third-order valence-corrected chi connectivity index (χ3v) is 0.283. The summed E-state index contributed by atoms with van der Waals surface area (Å²) in [6.45, 7) is 0. The Balaban J connectivity index is 1.97. The number of hydrogen-bond acceptors (Lipinski definition) is 2. The summed E-state index contributed by atoms with van der Waals surface area (Å²) in [7, 11) is 1.69. The molecule has 2 nitrogen and oxygen atoms in total. The summed E-state index contributed by atoms with van der Waals surface area (Å²) in [4.78, 5) is 2.15. The maximum absolute atomic E-state index is 4.82. The molecule has 0 fully saturated rings. The second kappa shape index (κ2) is 3.21. The van der Waals surface area contributed by atoms with Gasteiger partial charge in [0.15, 0.2) is 0 Å². The molecule has 26 valence electrons. The van der Waals surface area contributed by atoms with E-state index in [9.17, 15) is 0 Å². The van der Waals surface area contributed by atoms with Gasteiger partial charge in [0, 0.05) is 0 Å². The van der Waals surface area contributed by atoms with Gasteiger partial charge in [0.1, 0.15) is 0 Å². The van der Waals surface area contributed by atoms with Crippen molar-refractivity contribution in [1.82, 2.24) is 10.4 Å². The van der Waals surface area contributed by atoms with Gasteiger partial charge in [-0.15, -0.1) is 0 Å². The van der Waals surface area contributed by atoms with E-state index in [1.165, 1.54) is 0 Å². The van der Waals surface area contributed by atoms with Gasteiger partial charge in [0.25, 0.3) is 0 Å². The first-order chi connectivity index (χ1) is 1.91. The summed E-state index contributed by atoms with van der Waals surface area (Å²) < 4.78 is 0. The Labute approximate surface area is 30.2 Å². The number of hydrazine groups is 1. The van der Waals surface area contributed by atoms with Gasteiger partial charge in [0.2, 0.25) is 0 Å². The van der Waals surface area contributed by atoms with Gasteiger partial charge < -0.3 is 0 Å². The van der Waals surface area contributed by atoms with Crippen LogP contribution in [0.25, 0.3) is 0 Å². The van der Waals surface area contributed by atoms with Crippen LogP contribution < -0.4 is 10.4 Å². The normalized spacial score (nSPS) is 7.50. The minimum atomic E-state index is 1.69. The molecular weight excluding hydrogens is 75.5 g/mol. The highest BCUT2D eigenvalue weighted by Crippen LogP contribution is 1.39. The summed E-state index contributed by atoms with van der Waals surface area (Å²) in [6.07, 6.45) is 0. The van der Waals surface area contributed by atoms with Crippen molar-refractivity contribution in [3.05, 3.63) is 0 Å². The fraction of sp³-hybridized carbons (Fsp3) is 1.00. The van der Waals surface area contributed by atoms with Crippen LogP contribution >= 0.6 is 11.8 Å². The summed E-state index contributed by atoms with van der Waals surface area (Å²) in [5.74, 6) is 0. The van der Waals surface area contributed by atoms with E-state index in [2.05, 4.69) is 10.4 Å². The Bertz CT molecular complexity index is 8.00. The smallest absolute Gasteiger partial charge is 0.000241 e. The van der Waals surface area contributed by atoms with Gasteiger partial charge in [-0.3, -0.25) is 0 Å². The molecule has 2 N–H and O–H groups in total. The van der Waals surface area contributed by atoms with Crippen LogP contribution in [-0.2, 0) is 0 Å². The monoisotopic (exact) mass is 80.0 g/mol. The van der Waals surface area contributed by atoms with Crippen molar-refractivity contribution in [2.45, 2.75) is 0 Å². The molecule has 0 rings (SSSR count). The van der Waals surface area contributed by atoms with Crippen LogP contribution in [0.4, 0.5) is 0 Å². The minimum absolute atomic E-state index is 1.69. The van der Waals surface area contributed by atoms with Gasteiger partial charge in [-0.1, -0.05) is 0 Å². The zero-order chi connectivity index (χ0) is 3.41. The Hall–Kier alpha value is 0.210. The van der Waals surface area contributed by atoms with Crippen molar-refractivity contribution in [3.63, 3.8) is 0 Å². The lowest BCUT2D eigenvalue weighted by Gasteiger charge is -1.77. The standard InChI is InChI=1S/CH5ClN2/c1-3-4-2/h3-4H,1H3. The predicted octanol–water partition coefficient (Wildman–Crippen LogP) is -0.136. The van der Waals surface area contributed by atoms with E-state index in [-0.39, 0.29) is 0 Å². The first-order valence-corrected chi connectivity index (χ1v) is 1.32. The second-order valence-corrected chi connectivity index (χ2v) is 0.533. The van der Waals surface area contributed by atoms with Crippen molar-refractivity contribution in [2.75, 3.05) is 7.05 Å². The van der Waals surface area contributed by atoms with E-state index >= 15 is 0 Å². The van der Waals surface area contributed by atoms with Crippen molar-refractivity contribution < 1.29 is 0 Å². The van der Waals surface area contributed by atoms with Crippen molar-refractivity contribution >= 4 is 11.8 Å². The average Bonchev–Trinajstić information content (AvgIpc) is 1.37. The van der Waals surface area contributed by atoms with E-state index < -0.39 is 0 Å². The van der Waals surface area contributed by atoms with Crippen LogP contribution in [0, 0.1) is 0 Å². The van der Waals surface area contributed by atoms with Crippen molar-refractivity contribution in [1.29, 1.82) is 0 Å². The summed E-state index contributed by atoms with van der Waals surface area (Å²) >= 11 is 4.82. The van der Waals surface area contributed by atoms with Crippen molar-refractivity contribution in [2.24, 2.45) is 0 Å². The average molecular weight is 80.5 g/mol. The largest absolute Gasteiger partial charge is 0.247 e. The zero-order valence-electron chi connectivity index (χ0n) is 2.38. The summed E-state index contributed by atoms with van der Waals surface area (Å²) in [6, 6.07) is 0. The summed E-state index contributed by atoms with van der Waals surface area (Å²) in [5, 5.41) is 0. The molecule has 0 aromatic carbocycles. The van der Waals surface area contributed by atoms with Gasteiger partial charge in [-0.25, -0.2) is 5.43 Å². The van der Waals surface area contributed by atoms with Gasteiger partial charge in [-0.2, -0.15) is 4.94 Å². The zero-order valence-corrected chi connectivity index (χ0v) is 3.13. The first kappa shape index (κ1) is 4.21. The van der Waals surface area contributed by atoms with E-state index in [1.54, 1.807) is 7.05 Å². The molecule has 4 heavy (non-hydrogen) atoms. The topological polar surface area (TPSA) is 24.1 Å². The summed E-state index contributed by atoms with van der Waals surface area (Å²) in [5.41, 5.74) is 2.45. The maximum atomic E-state index is 4.82. The quantitative estimate of drug-likeness (QED) is 0.339. The predicted molar refractivity (Wildman–Crippen MR) is 18.0 cm³/mol. The minimum Gasteiger partial charge on any atom is -0.247 e. The number of nitrogens with one attached hydrogen (secondary N) is 2. The number of rotatable bonds is 1. The fourth-order valence-electron chi connectivity index (χ4n) is 0. The highest BCUT2D eigenvalue weighted by Gasteiger charge is 1.47. The van der Waals surface area contributed by atoms with Crippen LogP contribution in [0.2, 0.25) is 0 Å². The van der Waals surface area contributed by atoms with Crippen LogP contribution in [-0.4, -0.2) is 7.05 Å². The molecule has 0 radical (unpaired) electrons. The molecule has 0 aliphatic rings. The van der Waals surface area contributed by atoms with E-state index in [0.717, 1.165) is 0 Å². The van der Waals surface area contributed by atoms with Crippen LogP contribution in [0.3, 0.4) is 0 Å². The van der Waals surface area contributed by atoms with E-state index in [4.69, 9.17) is 11.8 Å². The van der Waals surface area contributed by atoms with Gasteiger partial charge >= 0.3 is 0 Å². The SMILES string of the molecule is CNNCl. The van der Waals surface area contributed by atoms with Crippen LogP contribution in [0.15, 0.2) is 0 Å². The Morgan fingerprint density at radius 3 is 2.00 bits per heavy atom. The third-order valence-electron chi connectivity index (χ3n) is 0.0945. The Morgan fingerprint density at radius 2 is 2.00 bits per heavy atom. The molecule has 3 heteroatoms. The second-order valence-electron chi connectivity index (χ2n) is 0.344. The highest BCUT2D eigenvalue weighted by atomic mass is 35.5. The molecule has 0 saturated heterocycles. The third kappa shape index (κ3) is 2.21.